The lowest BCUT2D eigenvalue weighted by Gasteiger charge is -2.26. The van der Waals surface area contributed by atoms with Gasteiger partial charge in [-0.05, 0) is 12.3 Å². The van der Waals surface area contributed by atoms with Gasteiger partial charge in [0.15, 0.2) is 6.23 Å². The molecule has 1 atom stereocenters. The van der Waals surface area contributed by atoms with Crippen molar-refractivity contribution in [2.45, 2.75) is 56.5 Å². The molecule has 3 nitrogen and oxygen atoms in total. The summed E-state index contributed by atoms with van der Waals surface area (Å²) in [6, 6.07) is 0. The number of nitrogens with one attached hydrogen (secondary N) is 1. The maximum absolute atomic E-state index is 11.6. The molecule has 0 aliphatic carbocycles. The van der Waals surface area contributed by atoms with E-state index in [1.165, 1.54) is 0 Å². The number of alkyl halides is 3. The molecule has 108 valence electrons. The number of carbonyl (C=O) groups is 1. The van der Waals surface area contributed by atoms with Crippen molar-refractivity contribution in [3.05, 3.63) is 0 Å². The maximum atomic E-state index is 11.6. The largest absolute Gasteiger partial charge is 0.354 e. The van der Waals surface area contributed by atoms with Crippen LogP contribution in [0.1, 0.15) is 46.5 Å². The van der Waals surface area contributed by atoms with Gasteiger partial charge >= 0.3 is 0 Å². The lowest BCUT2D eigenvalue weighted by atomic mass is 10.1. The molecule has 0 radical (unpaired) electrons. The van der Waals surface area contributed by atoms with Crippen LogP contribution in [0.3, 0.4) is 0 Å². The van der Waals surface area contributed by atoms with Crippen LogP contribution in [0, 0.1) is 5.92 Å². The number of amides is 1. The van der Waals surface area contributed by atoms with Gasteiger partial charge in [0.25, 0.3) is 0 Å². The van der Waals surface area contributed by atoms with Crippen LogP contribution >= 0.6 is 34.8 Å². The molecule has 0 aliphatic heterocycles. The zero-order valence-corrected chi connectivity index (χ0v) is 13.4. The molecule has 0 saturated carbocycles. The van der Waals surface area contributed by atoms with Crippen LogP contribution in [0.4, 0.5) is 0 Å². The van der Waals surface area contributed by atoms with Crippen molar-refractivity contribution in [3.63, 3.8) is 0 Å². The zero-order chi connectivity index (χ0) is 14.2. The number of halogens is 3. The van der Waals surface area contributed by atoms with Gasteiger partial charge in [0.1, 0.15) is 0 Å². The summed E-state index contributed by atoms with van der Waals surface area (Å²) in [5, 5.41) is 2.61. The van der Waals surface area contributed by atoms with Crippen LogP contribution in [-0.2, 0) is 9.53 Å². The van der Waals surface area contributed by atoms with Gasteiger partial charge in [-0.1, -0.05) is 68.4 Å². The normalized spacial score (nSPS) is 13.7. The van der Waals surface area contributed by atoms with Crippen molar-refractivity contribution in [3.8, 4) is 0 Å². The quantitative estimate of drug-likeness (QED) is 0.416. The Morgan fingerprint density at radius 3 is 2.33 bits per heavy atom. The van der Waals surface area contributed by atoms with Gasteiger partial charge in [-0.3, -0.25) is 4.79 Å². The molecule has 0 aromatic heterocycles. The van der Waals surface area contributed by atoms with Crippen LogP contribution in [0.15, 0.2) is 0 Å². The Morgan fingerprint density at radius 2 is 1.89 bits per heavy atom. The summed E-state index contributed by atoms with van der Waals surface area (Å²) in [6.45, 7) is 6.46. The minimum atomic E-state index is -1.65. The van der Waals surface area contributed by atoms with E-state index in [-0.39, 0.29) is 11.8 Å². The maximum Gasteiger partial charge on any atom is 0.234 e. The molecule has 0 unspecified atom stereocenters. The van der Waals surface area contributed by atoms with E-state index in [1.807, 2.05) is 13.8 Å². The Labute approximate surface area is 124 Å². The fourth-order valence-corrected chi connectivity index (χ4v) is 1.70. The molecule has 18 heavy (non-hydrogen) atoms. The SMILES string of the molecule is CCCCCO[C@@H](NC(=O)CC(C)C)C(Cl)(Cl)Cl. The molecule has 0 spiro atoms. The van der Waals surface area contributed by atoms with Crippen LogP contribution in [-0.4, -0.2) is 22.5 Å². The van der Waals surface area contributed by atoms with E-state index in [1.54, 1.807) is 0 Å². The minimum absolute atomic E-state index is 0.170. The van der Waals surface area contributed by atoms with E-state index in [9.17, 15) is 4.79 Å². The average Bonchev–Trinajstić information content (AvgIpc) is 2.20. The molecule has 0 fully saturated rings. The lowest BCUT2D eigenvalue weighted by molar-refractivity contribution is -0.126. The summed E-state index contributed by atoms with van der Waals surface area (Å²) in [5.74, 6) is 0.0814. The molecule has 0 aliphatic rings. The second-order valence-electron chi connectivity index (χ2n) is 4.67. The Bertz CT molecular complexity index is 242. The number of ether oxygens (including phenoxy) is 1. The first-order valence-corrected chi connectivity index (χ1v) is 7.38. The molecule has 0 heterocycles. The molecule has 1 N–H and O–H groups in total. The van der Waals surface area contributed by atoms with E-state index in [4.69, 9.17) is 39.5 Å². The van der Waals surface area contributed by atoms with Crippen molar-refractivity contribution in [2.75, 3.05) is 6.61 Å². The van der Waals surface area contributed by atoms with Crippen molar-refractivity contribution in [1.29, 1.82) is 0 Å². The second kappa shape index (κ2) is 9.24. The predicted octanol–water partition coefficient (Wildman–Crippen LogP) is 4.05. The Kier molecular flexibility index (Phi) is 9.40. The van der Waals surface area contributed by atoms with Gasteiger partial charge in [-0.15, -0.1) is 0 Å². The second-order valence-corrected chi connectivity index (χ2v) is 7.03. The molecule has 0 bridgehead atoms. The zero-order valence-electron chi connectivity index (χ0n) is 11.1. The number of carbonyl (C=O) groups excluding carboxylic acids is 1. The van der Waals surface area contributed by atoms with Crippen molar-refractivity contribution >= 4 is 40.7 Å². The number of rotatable bonds is 8. The number of unbranched alkanes of at least 4 members (excludes halogenated alkanes) is 2. The summed E-state index contributed by atoms with van der Waals surface area (Å²) in [4.78, 5) is 11.6. The first-order valence-electron chi connectivity index (χ1n) is 6.25. The van der Waals surface area contributed by atoms with E-state index >= 15 is 0 Å². The number of hydrogen-bond acceptors (Lipinski definition) is 2. The standard InChI is InChI=1S/C12H22Cl3NO2/c1-4-5-6-7-18-11(12(13,14)15)16-10(17)8-9(2)3/h9,11H,4-8H2,1-3H3,(H,16,17)/t11-/m1/s1. The fraction of sp³-hybridized carbons (Fsp3) is 0.917. The topological polar surface area (TPSA) is 38.3 Å². The highest BCUT2D eigenvalue weighted by Crippen LogP contribution is 2.31. The van der Waals surface area contributed by atoms with E-state index in [0.717, 1.165) is 19.3 Å². The summed E-state index contributed by atoms with van der Waals surface area (Å²) >= 11 is 17.4. The molecular weight excluding hydrogens is 296 g/mol. The molecule has 6 heteroatoms. The molecular formula is C12H22Cl3NO2. The summed E-state index contributed by atoms with van der Waals surface area (Å²) in [6.07, 6.45) is 2.50. The smallest absolute Gasteiger partial charge is 0.234 e. The van der Waals surface area contributed by atoms with E-state index in [0.29, 0.717) is 13.0 Å². The first-order chi connectivity index (χ1) is 8.27. The molecule has 0 aromatic rings. The van der Waals surface area contributed by atoms with Crippen LogP contribution in [0.25, 0.3) is 0 Å². The lowest BCUT2D eigenvalue weighted by Crippen LogP contribution is -2.46. The van der Waals surface area contributed by atoms with Gasteiger partial charge in [0.05, 0.1) is 0 Å². The van der Waals surface area contributed by atoms with E-state index < -0.39 is 10.0 Å². The van der Waals surface area contributed by atoms with Crippen LogP contribution < -0.4 is 5.32 Å². The van der Waals surface area contributed by atoms with Gasteiger partial charge in [0, 0.05) is 13.0 Å². The first kappa shape index (κ1) is 18.3. The van der Waals surface area contributed by atoms with Gasteiger partial charge < -0.3 is 10.1 Å². The third-order valence-corrected chi connectivity index (χ3v) is 2.81. The summed E-state index contributed by atoms with van der Waals surface area (Å²) < 4.78 is 3.78. The number of hydrogen-bond donors (Lipinski definition) is 1. The van der Waals surface area contributed by atoms with Gasteiger partial charge in [-0.25, -0.2) is 0 Å². The Balaban J connectivity index is 4.20. The Morgan fingerprint density at radius 1 is 1.28 bits per heavy atom. The average molecular weight is 319 g/mol. The highest BCUT2D eigenvalue weighted by Gasteiger charge is 2.34. The summed E-state index contributed by atoms with van der Waals surface area (Å²) in [7, 11) is 0. The van der Waals surface area contributed by atoms with Gasteiger partial charge in [0.2, 0.25) is 9.70 Å². The fourth-order valence-electron chi connectivity index (χ4n) is 1.35. The highest BCUT2D eigenvalue weighted by atomic mass is 35.6. The van der Waals surface area contributed by atoms with Crippen LogP contribution in [0.5, 0.6) is 0 Å². The minimum Gasteiger partial charge on any atom is -0.354 e. The predicted molar refractivity (Wildman–Crippen MR) is 77.2 cm³/mol. The van der Waals surface area contributed by atoms with Crippen molar-refractivity contribution < 1.29 is 9.53 Å². The third kappa shape index (κ3) is 9.26. The molecule has 0 saturated heterocycles. The van der Waals surface area contributed by atoms with E-state index in [2.05, 4.69) is 12.2 Å². The molecule has 0 aromatic carbocycles. The van der Waals surface area contributed by atoms with Crippen molar-refractivity contribution in [1.82, 2.24) is 5.32 Å². The molecule has 0 rings (SSSR count). The Hall–Kier alpha value is 0.300. The third-order valence-electron chi connectivity index (χ3n) is 2.22. The highest BCUT2D eigenvalue weighted by molar-refractivity contribution is 6.68. The van der Waals surface area contributed by atoms with Crippen LogP contribution in [0.2, 0.25) is 0 Å². The molecule has 1 amide bonds. The van der Waals surface area contributed by atoms with Gasteiger partial charge in [-0.2, -0.15) is 0 Å². The monoisotopic (exact) mass is 317 g/mol. The van der Waals surface area contributed by atoms with Crippen molar-refractivity contribution in [2.24, 2.45) is 5.92 Å². The summed E-state index contributed by atoms with van der Waals surface area (Å²) in [5.41, 5.74) is 0.